The highest BCUT2D eigenvalue weighted by atomic mass is 16.5. The summed E-state index contributed by atoms with van der Waals surface area (Å²) in [5.41, 5.74) is 8.17. The summed E-state index contributed by atoms with van der Waals surface area (Å²) in [4.78, 5) is 4.13. The third-order valence-electron chi connectivity index (χ3n) is 3.46. The van der Waals surface area contributed by atoms with E-state index in [1.165, 1.54) is 5.56 Å². The Balaban J connectivity index is 2.11. The van der Waals surface area contributed by atoms with E-state index in [9.17, 15) is 0 Å². The Bertz CT molecular complexity index is 557. The van der Waals surface area contributed by atoms with Gasteiger partial charge in [-0.3, -0.25) is 0 Å². The van der Waals surface area contributed by atoms with Gasteiger partial charge >= 0.3 is 0 Å². The van der Waals surface area contributed by atoms with Crippen molar-refractivity contribution < 1.29 is 4.74 Å². The fourth-order valence-corrected chi connectivity index (χ4v) is 2.30. The fourth-order valence-electron chi connectivity index (χ4n) is 2.30. The van der Waals surface area contributed by atoms with Gasteiger partial charge in [-0.05, 0) is 43.1 Å². The van der Waals surface area contributed by atoms with Gasteiger partial charge in [-0.15, -0.1) is 0 Å². The van der Waals surface area contributed by atoms with Crippen LogP contribution in [0.1, 0.15) is 11.1 Å². The van der Waals surface area contributed by atoms with Gasteiger partial charge in [0.1, 0.15) is 11.6 Å². The zero-order chi connectivity index (χ0) is 14.4. The van der Waals surface area contributed by atoms with E-state index >= 15 is 0 Å². The van der Waals surface area contributed by atoms with E-state index in [1.807, 2.05) is 37.4 Å². The molecular formula is C16H21N3O. The van der Waals surface area contributed by atoms with E-state index in [1.54, 1.807) is 13.3 Å². The zero-order valence-electron chi connectivity index (χ0n) is 12.0. The van der Waals surface area contributed by atoms with Gasteiger partial charge in [0.25, 0.3) is 0 Å². The van der Waals surface area contributed by atoms with Crippen molar-refractivity contribution in [3.8, 4) is 5.75 Å². The summed E-state index contributed by atoms with van der Waals surface area (Å²) in [6, 6.07) is 12.3. The van der Waals surface area contributed by atoms with Crippen LogP contribution in [0.3, 0.4) is 0 Å². The number of para-hydroxylation sites is 1. The molecule has 106 valence electrons. The molecule has 4 heteroatoms. The van der Waals surface area contributed by atoms with E-state index < -0.39 is 0 Å². The minimum Gasteiger partial charge on any atom is -0.496 e. The maximum atomic E-state index is 5.91. The maximum Gasteiger partial charge on any atom is 0.126 e. The minimum absolute atomic E-state index is 0.290. The minimum atomic E-state index is 0.290. The van der Waals surface area contributed by atoms with Crippen molar-refractivity contribution in [1.29, 1.82) is 0 Å². The summed E-state index contributed by atoms with van der Waals surface area (Å²) in [6.07, 6.45) is 3.44. The molecule has 20 heavy (non-hydrogen) atoms. The summed E-state index contributed by atoms with van der Waals surface area (Å²) >= 11 is 0. The predicted octanol–water partition coefficient (Wildman–Crippen LogP) is 2.05. The number of rotatable bonds is 6. The Morgan fingerprint density at radius 1 is 1.15 bits per heavy atom. The van der Waals surface area contributed by atoms with Crippen molar-refractivity contribution in [2.24, 2.45) is 0 Å². The number of methoxy groups -OCH3 is 1. The van der Waals surface area contributed by atoms with E-state index in [4.69, 9.17) is 10.5 Å². The number of aromatic nitrogens is 1. The number of hydrogen-bond donors (Lipinski definition) is 2. The highest BCUT2D eigenvalue weighted by Gasteiger charge is 2.13. The standard InChI is InChI=1S/C16H21N3O/c1-18-14(11-13-7-5-9-19-16(13)17)10-12-6-3-4-8-15(12)20-2/h3-9,14,18H,10-11H2,1-2H3,(H2,17,19). The summed E-state index contributed by atoms with van der Waals surface area (Å²) < 4.78 is 5.40. The lowest BCUT2D eigenvalue weighted by Crippen LogP contribution is -2.30. The summed E-state index contributed by atoms with van der Waals surface area (Å²) in [6.45, 7) is 0. The van der Waals surface area contributed by atoms with E-state index in [2.05, 4.69) is 16.4 Å². The Morgan fingerprint density at radius 2 is 1.85 bits per heavy atom. The maximum absolute atomic E-state index is 5.91. The van der Waals surface area contributed by atoms with Crippen molar-refractivity contribution in [3.05, 3.63) is 53.7 Å². The molecule has 1 heterocycles. The third-order valence-corrected chi connectivity index (χ3v) is 3.46. The second-order valence-electron chi connectivity index (χ2n) is 4.75. The second kappa shape index (κ2) is 6.91. The molecule has 0 aliphatic carbocycles. The van der Waals surface area contributed by atoms with Crippen LogP contribution < -0.4 is 15.8 Å². The molecule has 0 bridgehead atoms. The number of likely N-dealkylation sites (N-methyl/N-ethyl adjacent to an activating group) is 1. The van der Waals surface area contributed by atoms with Crippen molar-refractivity contribution in [3.63, 3.8) is 0 Å². The van der Waals surface area contributed by atoms with Gasteiger partial charge < -0.3 is 15.8 Å². The van der Waals surface area contributed by atoms with E-state index in [-0.39, 0.29) is 6.04 Å². The number of pyridine rings is 1. The predicted molar refractivity (Wildman–Crippen MR) is 81.9 cm³/mol. The Labute approximate surface area is 120 Å². The molecule has 0 saturated carbocycles. The first kappa shape index (κ1) is 14.3. The zero-order valence-corrected chi connectivity index (χ0v) is 12.0. The number of benzene rings is 1. The molecule has 1 aromatic carbocycles. The van der Waals surface area contributed by atoms with E-state index in [0.29, 0.717) is 5.82 Å². The molecule has 0 aliphatic rings. The lowest BCUT2D eigenvalue weighted by Gasteiger charge is -2.18. The van der Waals surface area contributed by atoms with Crippen molar-refractivity contribution in [1.82, 2.24) is 10.3 Å². The average Bonchev–Trinajstić information content (AvgIpc) is 2.49. The number of anilines is 1. The average molecular weight is 271 g/mol. The van der Waals surface area contributed by atoms with E-state index in [0.717, 1.165) is 24.2 Å². The van der Waals surface area contributed by atoms with Crippen LogP contribution in [0.15, 0.2) is 42.6 Å². The molecule has 0 aliphatic heterocycles. The summed E-state index contributed by atoms with van der Waals surface area (Å²) in [5.74, 6) is 1.53. The number of ether oxygens (including phenoxy) is 1. The highest BCUT2D eigenvalue weighted by Crippen LogP contribution is 2.20. The molecule has 0 spiro atoms. The van der Waals surface area contributed by atoms with Gasteiger partial charge in [0, 0.05) is 12.2 Å². The Morgan fingerprint density at radius 3 is 2.55 bits per heavy atom. The SMILES string of the molecule is CNC(Cc1ccccc1OC)Cc1cccnc1N. The molecule has 0 saturated heterocycles. The molecule has 0 fully saturated rings. The van der Waals surface area contributed by atoms with Crippen LogP contribution in [0.4, 0.5) is 5.82 Å². The smallest absolute Gasteiger partial charge is 0.126 e. The van der Waals surface area contributed by atoms with Crippen molar-refractivity contribution in [2.45, 2.75) is 18.9 Å². The number of nitrogens with zero attached hydrogens (tertiary/aromatic N) is 1. The van der Waals surface area contributed by atoms with Gasteiger partial charge in [-0.2, -0.15) is 0 Å². The Kier molecular flexibility index (Phi) is 4.96. The second-order valence-corrected chi connectivity index (χ2v) is 4.75. The first-order chi connectivity index (χ1) is 9.74. The van der Waals surface area contributed by atoms with Gasteiger partial charge in [-0.1, -0.05) is 24.3 Å². The summed E-state index contributed by atoms with van der Waals surface area (Å²) in [7, 11) is 3.67. The van der Waals surface area contributed by atoms with Crippen LogP contribution in [0.25, 0.3) is 0 Å². The molecule has 2 rings (SSSR count). The summed E-state index contributed by atoms with van der Waals surface area (Å²) in [5, 5.41) is 3.34. The fraction of sp³-hybridized carbons (Fsp3) is 0.312. The van der Waals surface area contributed by atoms with Crippen molar-refractivity contribution >= 4 is 5.82 Å². The van der Waals surface area contributed by atoms with Crippen LogP contribution in [0.5, 0.6) is 5.75 Å². The molecule has 2 aromatic rings. The molecule has 0 radical (unpaired) electrons. The molecule has 1 aromatic heterocycles. The molecule has 1 atom stereocenters. The lowest BCUT2D eigenvalue weighted by atomic mass is 9.99. The topological polar surface area (TPSA) is 60.2 Å². The van der Waals surface area contributed by atoms with Crippen LogP contribution in [0.2, 0.25) is 0 Å². The largest absolute Gasteiger partial charge is 0.496 e. The van der Waals surface area contributed by atoms with Gasteiger partial charge in [0.2, 0.25) is 0 Å². The number of nitrogens with one attached hydrogen (secondary N) is 1. The molecule has 3 N–H and O–H groups in total. The van der Waals surface area contributed by atoms with Crippen LogP contribution in [0, 0.1) is 0 Å². The van der Waals surface area contributed by atoms with Gasteiger partial charge in [0.05, 0.1) is 7.11 Å². The lowest BCUT2D eigenvalue weighted by molar-refractivity contribution is 0.406. The van der Waals surface area contributed by atoms with Crippen molar-refractivity contribution in [2.75, 3.05) is 19.9 Å². The first-order valence-electron chi connectivity index (χ1n) is 6.73. The van der Waals surface area contributed by atoms with Crippen LogP contribution >= 0.6 is 0 Å². The number of nitrogen functional groups attached to an aromatic ring is 1. The number of hydrogen-bond acceptors (Lipinski definition) is 4. The normalized spacial score (nSPS) is 12.1. The molecule has 4 nitrogen and oxygen atoms in total. The third kappa shape index (κ3) is 3.48. The van der Waals surface area contributed by atoms with Gasteiger partial charge in [-0.25, -0.2) is 4.98 Å². The molecule has 0 amide bonds. The molecular weight excluding hydrogens is 250 g/mol. The highest BCUT2D eigenvalue weighted by molar-refractivity contribution is 5.39. The number of nitrogens with two attached hydrogens (primary N) is 1. The van der Waals surface area contributed by atoms with Crippen LogP contribution in [-0.4, -0.2) is 25.2 Å². The molecule has 1 unspecified atom stereocenters. The van der Waals surface area contributed by atoms with Crippen LogP contribution in [-0.2, 0) is 12.8 Å². The monoisotopic (exact) mass is 271 g/mol. The Hall–Kier alpha value is -2.07. The first-order valence-corrected chi connectivity index (χ1v) is 6.73. The van der Waals surface area contributed by atoms with Gasteiger partial charge in [0.15, 0.2) is 0 Å². The quantitative estimate of drug-likeness (QED) is 0.844.